The van der Waals surface area contributed by atoms with Crippen molar-refractivity contribution in [3.8, 4) is 0 Å². The van der Waals surface area contributed by atoms with E-state index in [1.165, 1.54) is 122 Å². The maximum absolute atomic E-state index is 10.8. The number of hydrogen-bond acceptors (Lipinski definition) is 3. The van der Waals surface area contributed by atoms with Gasteiger partial charge in [-0.25, -0.2) is 4.89 Å². The van der Waals surface area contributed by atoms with Crippen molar-refractivity contribution < 1.29 is 20.0 Å². The molecule has 0 aromatic heterocycles. The lowest BCUT2D eigenvalue weighted by Crippen LogP contribution is -2.31. The second-order valence-electron chi connectivity index (χ2n) is 12.5. The smallest absolute Gasteiger partial charge is 0.303 e. The molecule has 234 valence electrons. The lowest BCUT2D eigenvalue weighted by Gasteiger charge is -2.40. The van der Waals surface area contributed by atoms with Crippen molar-refractivity contribution in [3.05, 3.63) is 24.3 Å². The van der Waals surface area contributed by atoms with Gasteiger partial charge in [0.2, 0.25) is 0 Å². The summed E-state index contributed by atoms with van der Waals surface area (Å²) < 4.78 is 0. The first-order valence-electron chi connectivity index (χ1n) is 17.4. The third-order valence-electron chi connectivity index (χ3n) is 9.15. The first kappa shape index (κ1) is 36.9. The summed E-state index contributed by atoms with van der Waals surface area (Å²) in [5.74, 6) is 2.32. The van der Waals surface area contributed by atoms with Crippen molar-refractivity contribution in [2.45, 2.75) is 168 Å². The van der Waals surface area contributed by atoms with Crippen molar-refractivity contribution >= 4 is 5.97 Å². The van der Waals surface area contributed by atoms with Crippen LogP contribution >= 0.6 is 0 Å². The van der Waals surface area contributed by atoms with Crippen LogP contribution in [0.5, 0.6) is 0 Å². The molecular formula is C36H66O4. The first-order chi connectivity index (χ1) is 19.6. The molecule has 4 heteroatoms. The Morgan fingerprint density at radius 3 is 1.80 bits per heavy atom. The Balaban J connectivity index is 2.76. The fourth-order valence-corrected chi connectivity index (χ4v) is 6.73. The molecule has 4 unspecified atom stereocenters. The lowest BCUT2D eigenvalue weighted by atomic mass is 9.65. The molecule has 4 nitrogen and oxygen atoms in total. The van der Waals surface area contributed by atoms with E-state index in [4.69, 9.17) is 10.4 Å². The van der Waals surface area contributed by atoms with Crippen molar-refractivity contribution in [3.63, 3.8) is 0 Å². The van der Waals surface area contributed by atoms with Crippen LogP contribution in [0.4, 0.5) is 0 Å². The van der Waals surface area contributed by atoms with E-state index >= 15 is 0 Å². The van der Waals surface area contributed by atoms with Gasteiger partial charge in [-0.2, -0.15) is 0 Å². The second-order valence-corrected chi connectivity index (χ2v) is 12.5. The maximum Gasteiger partial charge on any atom is 0.303 e. The van der Waals surface area contributed by atoms with E-state index in [-0.39, 0.29) is 0 Å². The molecule has 1 aliphatic rings. The monoisotopic (exact) mass is 562 g/mol. The van der Waals surface area contributed by atoms with Gasteiger partial charge in [-0.1, -0.05) is 134 Å². The average molecular weight is 563 g/mol. The van der Waals surface area contributed by atoms with E-state index < -0.39 is 5.97 Å². The second kappa shape index (κ2) is 26.7. The van der Waals surface area contributed by atoms with Crippen LogP contribution in [0.2, 0.25) is 0 Å². The van der Waals surface area contributed by atoms with Gasteiger partial charge in [-0.15, -0.1) is 0 Å². The fraction of sp³-hybridized carbons (Fsp3) is 0.861. The molecule has 4 atom stereocenters. The Labute approximate surface area is 248 Å². The van der Waals surface area contributed by atoms with E-state index in [9.17, 15) is 4.79 Å². The molecule has 0 spiro atoms. The number of unbranched alkanes of at least 4 members (excludes halogenated alkanes) is 15. The summed E-state index contributed by atoms with van der Waals surface area (Å²) in [7, 11) is 0. The Morgan fingerprint density at radius 1 is 0.650 bits per heavy atom. The molecule has 0 saturated carbocycles. The lowest BCUT2D eigenvalue weighted by molar-refractivity contribution is -0.242. The number of aliphatic carboxylic acids is 1. The number of carbonyl (C=O) groups is 1. The van der Waals surface area contributed by atoms with Crippen LogP contribution in [0.25, 0.3) is 0 Å². The van der Waals surface area contributed by atoms with E-state index in [0.29, 0.717) is 18.9 Å². The van der Waals surface area contributed by atoms with Crippen LogP contribution in [-0.2, 0) is 9.68 Å². The highest BCUT2D eigenvalue weighted by atomic mass is 17.1. The van der Waals surface area contributed by atoms with Crippen LogP contribution < -0.4 is 0 Å². The number of carboxylic acid groups (broad SMARTS) is 1. The molecule has 0 bridgehead atoms. The summed E-state index contributed by atoms with van der Waals surface area (Å²) in [5, 5.41) is 17.4. The van der Waals surface area contributed by atoms with Crippen molar-refractivity contribution in [1.82, 2.24) is 0 Å². The fourth-order valence-electron chi connectivity index (χ4n) is 6.73. The summed E-state index contributed by atoms with van der Waals surface area (Å²) in [4.78, 5) is 15.0. The van der Waals surface area contributed by atoms with Crippen LogP contribution in [0.15, 0.2) is 24.3 Å². The van der Waals surface area contributed by atoms with Crippen molar-refractivity contribution in [1.29, 1.82) is 0 Å². The first-order valence-corrected chi connectivity index (χ1v) is 17.4. The quantitative estimate of drug-likeness (QED) is 0.0430. The van der Waals surface area contributed by atoms with Gasteiger partial charge >= 0.3 is 5.97 Å². The van der Waals surface area contributed by atoms with Gasteiger partial charge < -0.3 is 5.11 Å². The molecule has 1 rings (SSSR count). The van der Waals surface area contributed by atoms with Crippen molar-refractivity contribution in [2.24, 2.45) is 23.7 Å². The molecule has 0 radical (unpaired) electrons. The zero-order valence-corrected chi connectivity index (χ0v) is 26.5. The molecular weight excluding hydrogens is 496 g/mol. The highest BCUT2D eigenvalue weighted by Crippen LogP contribution is 2.44. The van der Waals surface area contributed by atoms with E-state index in [1.54, 1.807) is 0 Å². The third kappa shape index (κ3) is 19.1. The maximum atomic E-state index is 10.8. The van der Waals surface area contributed by atoms with Gasteiger partial charge in [-0.05, 0) is 75.0 Å². The molecule has 0 fully saturated rings. The van der Waals surface area contributed by atoms with Gasteiger partial charge in [0.05, 0.1) is 6.61 Å². The molecule has 40 heavy (non-hydrogen) atoms. The van der Waals surface area contributed by atoms with E-state index in [1.807, 2.05) is 0 Å². The van der Waals surface area contributed by atoms with Crippen molar-refractivity contribution in [2.75, 3.05) is 6.61 Å². The van der Waals surface area contributed by atoms with Gasteiger partial charge in [0, 0.05) is 6.42 Å². The highest BCUT2D eigenvalue weighted by Gasteiger charge is 2.34. The molecule has 0 aromatic carbocycles. The molecule has 0 aromatic rings. The summed E-state index contributed by atoms with van der Waals surface area (Å²) in [6.45, 7) is 5.05. The Morgan fingerprint density at radius 2 is 1.18 bits per heavy atom. The molecule has 1 aliphatic carbocycles. The largest absolute Gasteiger partial charge is 0.481 e. The minimum Gasteiger partial charge on any atom is -0.481 e. The zero-order valence-electron chi connectivity index (χ0n) is 26.5. The average Bonchev–Trinajstić information content (AvgIpc) is 2.95. The number of hydrogen-bond donors (Lipinski definition) is 2. The normalized spacial score (nSPS) is 21.0. The van der Waals surface area contributed by atoms with E-state index in [2.05, 4.69) is 43.0 Å². The van der Waals surface area contributed by atoms with Gasteiger partial charge in [0.25, 0.3) is 0 Å². The van der Waals surface area contributed by atoms with Gasteiger partial charge in [0.1, 0.15) is 0 Å². The summed E-state index contributed by atoms with van der Waals surface area (Å²) in [5.41, 5.74) is 0. The molecule has 2 N–H and O–H groups in total. The van der Waals surface area contributed by atoms with Gasteiger partial charge in [0.15, 0.2) is 0 Å². The molecule has 0 aliphatic heterocycles. The minimum atomic E-state index is -0.661. The number of rotatable bonds is 28. The summed E-state index contributed by atoms with van der Waals surface area (Å²) in [6, 6.07) is 0. The Hall–Kier alpha value is -1.13. The van der Waals surface area contributed by atoms with Gasteiger partial charge in [-0.3, -0.25) is 10.1 Å². The predicted octanol–water partition coefficient (Wildman–Crippen LogP) is 11.6. The van der Waals surface area contributed by atoms with E-state index in [0.717, 1.165) is 43.4 Å². The number of carboxylic acids is 1. The number of allylic oxidation sites excluding steroid dienone is 4. The SMILES string of the molecule is CCCCCC=CCC1C(CCCCCC)C=CC(CCCCCCCCOO)C1CCCCCCCC(=O)O. The standard InChI is InChI=1S/C36H66O4/c1-3-5-7-9-14-20-26-34-32(24-18-8-6-4-2)29-30-33(25-19-13-10-11-17-23-31-40-39)35(34)27-21-15-12-16-22-28-36(37)38/h14,20,29-30,32-35,39H,3-13,15-19,21-28,31H2,1-2H3,(H,37,38). The molecule has 0 saturated heterocycles. The predicted molar refractivity (Wildman–Crippen MR) is 171 cm³/mol. The van der Waals surface area contributed by atoms with Crippen LogP contribution in [0.3, 0.4) is 0 Å². The van der Waals surface area contributed by atoms with Crippen LogP contribution in [-0.4, -0.2) is 22.9 Å². The molecule has 0 heterocycles. The summed E-state index contributed by atoms with van der Waals surface area (Å²) in [6.07, 6.45) is 39.2. The Kier molecular flexibility index (Phi) is 24.7. The highest BCUT2D eigenvalue weighted by molar-refractivity contribution is 5.66. The third-order valence-corrected chi connectivity index (χ3v) is 9.15. The summed E-state index contributed by atoms with van der Waals surface area (Å²) >= 11 is 0. The topological polar surface area (TPSA) is 66.8 Å². The van der Waals surface area contributed by atoms with Crippen LogP contribution in [0, 0.1) is 23.7 Å². The zero-order chi connectivity index (χ0) is 29.1. The minimum absolute atomic E-state index is 0.317. The van der Waals surface area contributed by atoms with Crippen LogP contribution in [0.1, 0.15) is 168 Å². The Bertz CT molecular complexity index is 628. The molecule has 0 amide bonds.